The van der Waals surface area contributed by atoms with Gasteiger partial charge in [-0.25, -0.2) is 0 Å². The molecule has 0 bridgehead atoms. The summed E-state index contributed by atoms with van der Waals surface area (Å²) < 4.78 is 37.0. The van der Waals surface area contributed by atoms with Gasteiger partial charge < -0.3 is 10.6 Å². The van der Waals surface area contributed by atoms with Gasteiger partial charge in [0.05, 0.1) is 5.56 Å². The van der Waals surface area contributed by atoms with Crippen molar-refractivity contribution in [2.24, 2.45) is 5.73 Å². The second-order valence-corrected chi connectivity index (χ2v) is 4.01. The standard InChI is InChI=1S/C11H11F3N2O/c12-11(13,14)7-1-3-9(4-2-7)16-6-8(15)5-10(16)17/h1-4,8H,5-6,15H2. The molecule has 17 heavy (non-hydrogen) atoms. The number of nitrogens with two attached hydrogens (primary N) is 1. The van der Waals surface area contributed by atoms with Crippen LogP contribution in [-0.4, -0.2) is 18.5 Å². The minimum atomic E-state index is -4.36. The molecule has 1 aromatic rings. The van der Waals surface area contributed by atoms with Gasteiger partial charge in [-0.05, 0) is 24.3 Å². The zero-order chi connectivity index (χ0) is 12.6. The first-order chi connectivity index (χ1) is 7.88. The van der Waals surface area contributed by atoms with E-state index in [1.165, 1.54) is 17.0 Å². The SMILES string of the molecule is NC1CC(=O)N(c2ccc(C(F)(F)F)cc2)C1. The number of carbonyl (C=O) groups is 1. The Balaban J connectivity index is 2.22. The number of halogens is 3. The van der Waals surface area contributed by atoms with E-state index in [0.717, 1.165) is 12.1 Å². The van der Waals surface area contributed by atoms with Crippen molar-refractivity contribution in [3.05, 3.63) is 29.8 Å². The fourth-order valence-electron chi connectivity index (χ4n) is 1.82. The molecule has 0 radical (unpaired) electrons. The summed E-state index contributed by atoms with van der Waals surface area (Å²) in [6, 6.07) is 4.26. The van der Waals surface area contributed by atoms with E-state index in [4.69, 9.17) is 5.73 Å². The number of carbonyl (C=O) groups excluding carboxylic acids is 1. The zero-order valence-corrected chi connectivity index (χ0v) is 8.87. The first-order valence-electron chi connectivity index (χ1n) is 5.11. The van der Waals surface area contributed by atoms with Gasteiger partial charge in [0.25, 0.3) is 0 Å². The van der Waals surface area contributed by atoms with Crippen molar-refractivity contribution >= 4 is 11.6 Å². The Kier molecular flexibility index (Phi) is 2.82. The normalized spacial score (nSPS) is 21.1. The van der Waals surface area contributed by atoms with E-state index in [1.54, 1.807) is 0 Å². The number of amides is 1. The second-order valence-electron chi connectivity index (χ2n) is 4.01. The Morgan fingerprint density at radius 3 is 2.24 bits per heavy atom. The summed E-state index contributed by atoms with van der Waals surface area (Å²) in [5.41, 5.74) is 5.34. The van der Waals surface area contributed by atoms with Gasteiger partial charge in [0.1, 0.15) is 0 Å². The van der Waals surface area contributed by atoms with Crippen molar-refractivity contribution in [3.8, 4) is 0 Å². The maximum absolute atomic E-state index is 12.3. The lowest BCUT2D eigenvalue weighted by Crippen LogP contribution is -2.27. The smallest absolute Gasteiger partial charge is 0.326 e. The van der Waals surface area contributed by atoms with Gasteiger partial charge in [-0.15, -0.1) is 0 Å². The molecule has 92 valence electrons. The van der Waals surface area contributed by atoms with E-state index in [-0.39, 0.29) is 18.4 Å². The van der Waals surface area contributed by atoms with E-state index in [1.807, 2.05) is 0 Å². The molecule has 0 aliphatic carbocycles. The fourth-order valence-corrected chi connectivity index (χ4v) is 1.82. The van der Waals surface area contributed by atoms with E-state index in [0.29, 0.717) is 12.2 Å². The molecule has 0 saturated carbocycles. The van der Waals surface area contributed by atoms with Gasteiger partial charge in [0.2, 0.25) is 5.91 Å². The topological polar surface area (TPSA) is 46.3 Å². The molecule has 1 unspecified atom stereocenters. The van der Waals surface area contributed by atoms with Crippen LogP contribution in [0, 0.1) is 0 Å². The molecule has 0 spiro atoms. The Hall–Kier alpha value is -1.56. The maximum Gasteiger partial charge on any atom is 0.416 e. The van der Waals surface area contributed by atoms with Gasteiger partial charge in [0.15, 0.2) is 0 Å². The van der Waals surface area contributed by atoms with Crippen LogP contribution in [0.3, 0.4) is 0 Å². The highest BCUT2D eigenvalue weighted by atomic mass is 19.4. The molecule has 1 aliphatic rings. The number of hydrogen-bond donors (Lipinski definition) is 1. The first-order valence-corrected chi connectivity index (χ1v) is 5.11. The van der Waals surface area contributed by atoms with Crippen LogP contribution in [0.25, 0.3) is 0 Å². The Bertz CT molecular complexity index is 427. The van der Waals surface area contributed by atoms with Gasteiger partial charge in [0, 0.05) is 24.7 Å². The van der Waals surface area contributed by atoms with Crippen molar-refractivity contribution in [1.82, 2.24) is 0 Å². The Labute approximate surface area is 96.0 Å². The highest BCUT2D eigenvalue weighted by molar-refractivity contribution is 5.96. The van der Waals surface area contributed by atoms with E-state index in [2.05, 4.69) is 0 Å². The number of nitrogens with zero attached hydrogens (tertiary/aromatic N) is 1. The Morgan fingerprint density at radius 1 is 1.24 bits per heavy atom. The van der Waals surface area contributed by atoms with Crippen LogP contribution in [0.15, 0.2) is 24.3 Å². The third kappa shape index (κ3) is 2.41. The van der Waals surface area contributed by atoms with Gasteiger partial charge in [-0.1, -0.05) is 0 Å². The van der Waals surface area contributed by atoms with Gasteiger partial charge in [-0.2, -0.15) is 13.2 Å². The molecule has 2 N–H and O–H groups in total. The molecule has 2 rings (SSSR count). The van der Waals surface area contributed by atoms with Crippen LogP contribution in [-0.2, 0) is 11.0 Å². The zero-order valence-electron chi connectivity index (χ0n) is 8.87. The lowest BCUT2D eigenvalue weighted by molar-refractivity contribution is -0.137. The van der Waals surface area contributed by atoms with Crippen molar-refractivity contribution in [2.75, 3.05) is 11.4 Å². The summed E-state index contributed by atoms with van der Waals surface area (Å²) in [6.45, 7) is 0.351. The molecule has 6 heteroatoms. The molecule has 1 atom stereocenters. The summed E-state index contributed by atoms with van der Waals surface area (Å²) in [5.74, 6) is -0.155. The molecule has 1 aliphatic heterocycles. The van der Waals surface area contributed by atoms with Gasteiger partial charge in [-0.3, -0.25) is 4.79 Å². The van der Waals surface area contributed by atoms with Crippen molar-refractivity contribution < 1.29 is 18.0 Å². The maximum atomic E-state index is 12.3. The highest BCUT2D eigenvalue weighted by Gasteiger charge is 2.31. The molecule has 3 nitrogen and oxygen atoms in total. The van der Waals surface area contributed by atoms with Crippen molar-refractivity contribution in [1.29, 1.82) is 0 Å². The number of rotatable bonds is 1. The minimum Gasteiger partial charge on any atom is -0.326 e. The largest absolute Gasteiger partial charge is 0.416 e. The highest BCUT2D eigenvalue weighted by Crippen LogP contribution is 2.31. The number of benzene rings is 1. The van der Waals surface area contributed by atoms with Crippen LogP contribution in [0.1, 0.15) is 12.0 Å². The van der Waals surface area contributed by atoms with E-state index < -0.39 is 11.7 Å². The molecule has 1 saturated heterocycles. The van der Waals surface area contributed by atoms with Crippen LogP contribution in [0.2, 0.25) is 0 Å². The molecule has 1 heterocycles. The van der Waals surface area contributed by atoms with Crippen molar-refractivity contribution in [2.45, 2.75) is 18.6 Å². The van der Waals surface area contributed by atoms with E-state index in [9.17, 15) is 18.0 Å². The number of hydrogen-bond acceptors (Lipinski definition) is 2. The third-order valence-electron chi connectivity index (χ3n) is 2.66. The van der Waals surface area contributed by atoms with Crippen LogP contribution in [0.5, 0.6) is 0 Å². The summed E-state index contributed by atoms with van der Waals surface area (Å²) in [5, 5.41) is 0. The molecule has 0 aromatic heterocycles. The lowest BCUT2D eigenvalue weighted by atomic mass is 10.2. The summed E-state index contributed by atoms with van der Waals surface area (Å²) >= 11 is 0. The number of anilines is 1. The fraction of sp³-hybridized carbons (Fsp3) is 0.364. The molecule has 1 fully saturated rings. The molecular formula is C11H11F3N2O. The predicted octanol–water partition coefficient (Wildman–Crippen LogP) is 1.77. The summed E-state index contributed by atoms with van der Waals surface area (Å²) in [7, 11) is 0. The van der Waals surface area contributed by atoms with Crippen LogP contribution < -0.4 is 10.6 Å². The van der Waals surface area contributed by atoms with Crippen molar-refractivity contribution in [3.63, 3.8) is 0 Å². The average Bonchev–Trinajstić information content (AvgIpc) is 2.57. The lowest BCUT2D eigenvalue weighted by Gasteiger charge is -2.16. The van der Waals surface area contributed by atoms with Crippen LogP contribution in [0.4, 0.5) is 18.9 Å². The second kappa shape index (κ2) is 4.03. The number of alkyl halides is 3. The van der Waals surface area contributed by atoms with E-state index >= 15 is 0 Å². The van der Waals surface area contributed by atoms with Gasteiger partial charge >= 0.3 is 6.18 Å². The minimum absolute atomic E-state index is 0.155. The van der Waals surface area contributed by atoms with Crippen LogP contribution >= 0.6 is 0 Å². The first kappa shape index (κ1) is 11.9. The molecule has 1 amide bonds. The monoisotopic (exact) mass is 244 g/mol. The quantitative estimate of drug-likeness (QED) is 0.818. The molecular weight excluding hydrogens is 233 g/mol. The third-order valence-corrected chi connectivity index (χ3v) is 2.66. The summed E-state index contributed by atoms with van der Waals surface area (Å²) in [6.07, 6.45) is -4.12. The Morgan fingerprint density at radius 2 is 1.82 bits per heavy atom. The average molecular weight is 244 g/mol. The summed E-state index contributed by atoms with van der Waals surface area (Å²) in [4.78, 5) is 12.9. The predicted molar refractivity (Wildman–Crippen MR) is 56.4 cm³/mol. The molecule has 1 aromatic carbocycles.